The highest BCUT2D eigenvalue weighted by Crippen LogP contribution is 2.20. The predicted octanol–water partition coefficient (Wildman–Crippen LogP) is 4.16. The van der Waals surface area contributed by atoms with E-state index in [0.717, 1.165) is 18.2 Å². The van der Waals surface area contributed by atoms with E-state index < -0.39 is 17.5 Å². The number of hydrogen-bond acceptors (Lipinski definition) is 2. The standard InChI is InChI=1S/C13H8ClF2NOS/c14-7-3-8(15)5-9(4-7)17-13(18)11-6-10(19)1-2-12(11)16/h1-6,19H,(H,17,18). The van der Waals surface area contributed by atoms with Crippen LogP contribution in [-0.2, 0) is 0 Å². The Kier molecular flexibility index (Phi) is 4.07. The molecular weight excluding hydrogens is 292 g/mol. The third kappa shape index (κ3) is 3.45. The zero-order chi connectivity index (χ0) is 14.0. The van der Waals surface area contributed by atoms with Crippen molar-refractivity contribution in [3.05, 3.63) is 58.6 Å². The summed E-state index contributed by atoms with van der Waals surface area (Å²) >= 11 is 9.69. The molecule has 0 aliphatic rings. The van der Waals surface area contributed by atoms with E-state index in [1.807, 2.05) is 0 Å². The number of carbonyl (C=O) groups is 1. The van der Waals surface area contributed by atoms with Crippen molar-refractivity contribution >= 4 is 35.8 Å². The molecule has 2 nitrogen and oxygen atoms in total. The maximum absolute atomic E-state index is 13.5. The van der Waals surface area contributed by atoms with Crippen LogP contribution in [0.5, 0.6) is 0 Å². The number of hydrogen-bond donors (Lipinski definition) is 2. The summed E-state index contributed by atoms with van der Waals surface area (Å²) < 4.78 is 26.6. The number of halogens is 3. The van der Waals surface area contributed by atoms with E-state index in [4.69, 9.17) is 11.6 Å². The van der Waals surface area contributed by atoms with E-state index in [9.17, 15) is 13.6 Å². The summed E-state index contributed by atoms with van der Waals surface area (Å²) in [7, 11) is 0. The summed E-state index contributed by atoms with van der Waals surface area (Å²) in [6.45, 7) is 0. The van der Waals surface area contributed by atoms with E-state index in [-0.39, 0.29) is 16.3 Å². The number of amides is 1. The maximum Gasteiger partial charge on any atom is 0.258 e. The van der Waals surface area contributed by atoms with Crippen molar-refractivity contribution in [3.8, 4) is 0 Å². The summed E-state index contributed by atoms with van der Waals surface area (Å²) in [5.41, 5.74) is -0.0214. The van der Waals surface area contributed by atoms with Gasteiger partial charge in [0.15, 0.2) is 0 Å². The minimum absolute atomic E-state index is 0.138. The first-order chi connectivity index (χ1) is 8.95. The first-order valence-electron chi connectivity index (χ1n) is 5.21. The molecule has 0 heterocycles. The average molecular weight is 300 g/mol. The molecule has 1 amide bonds. The first kappa shape index (κ1) is 13.8. The van der Waals surface area contributed by atoms with E-state index >= 15 is 0 Å². The Hall–Kier alpha value is -1.59. The third-order valence-corrected chi connectivity index (χ3v) is 2.81. The second kappa shape index (κ2) is 5.59. The molecular formula is C13H8ClF2NOS. The molecule has 2 aromatic rings. The van der Waals surface area contributed by atoms with Crippen LogP contribution in [0.15, 0.2) is 41.3 Å². The van der Waals surface area contributed by atoms with Gasteiger partial charge < -0.3 is 5.32 Å². The van der Waals surface area contributed by atoms with Gasteiger partial charge in [-0.2, -0.15) is 0 Å². The van der Waals surface area contributed by atoms with Crippen LogP contribution in [0.1, 0.15) is 10.4 Å². The summed E-state index contributed by atoms with van der Waals surface area (Å²) in [5, 5.41) is 2.51. The van der Waals surface area contributed by atoms with Crippen molar-refractivity contribution in [1.29, 1.82) is 0 Å². The molecule has 0 aromatic heterocycles. The predicted molar refractivity (Wildman–Crippen MR) is 73.0 cm³/mol. The van der Waals surface area contributed by atoms with Gasteiger partial charge in [0.25, 0.3) is 5.91 Å². The number of anilines is 1. The molecule has 2 aromatic carbocycles. The Morgan fingerprint density at radius 2 is 1.89 bits per heavy atom. The lowest BCUT2D eigenvalue weighted by atomic mass is 10.2. The Morgan fingerprint density at radius 3 is 2.58 bits per heavy atom. The second-order valence-corrected chi connectivity index (χ2v) is 4.73. The molecule has 6 heteroatoms. The number of rotatable bonds is 2. The van der Waals surface area contributed by atoms with Crippen LogP contribution in [0.3, 0.4) is 0 Å². The summed E-state index contributed by atoms with van der Waals surface area (Å²) in [4.78, 5) is 12.3. The third-order valence-electron chi connectivity index (χ3n) is 2.31. The lowest BCUT2D eigenvalue weighted by molar-refractivity contribution is 0.102. The number of nitrogens with one attached hydrogen (secondary N) is 1. The molecule has 0 atom stereocenters. The monoisotopic (exact) mass is 299 g/mol. The molecule has 0 saturated heterocycles. The SMILES string of the molecule is O=C(Nc1cc(F)cc(Cl)c1)c1cc(S)ccc1F. The van der Waals surface area contributed by atoms with Crippen LogP contribution in [0.2, 0.25) is 5.02 Å². The highest BCUT2D eigenvalue weighted by Gasteiger charge is 2.13. The molecule has 0 aliphatic heterocycles. The normalized spacial score (nSPS) is 10.3. The Labute approximate surface area is 118 Å². The minimum Gasteiger partial charge on any atom is -0.322 e. The van der Waals surface area contributed by atoms with Gasteiger partial charge in [0.05, 0.1) is 5.56 Å². The quantitative estimate of drug-likeness (QED) is 0.801. The minimum atomic E-state index is -0.699. The van der Waals surface area contributed by atoms with Crippen molar-refractivity contribution in [2.45, 2.75) is 4.90 Å². The van der Waals surface area contributed by atoms with Crippen molar-refractivity contribution in [3.63, 3.8) is 0 Å². The van der Waals surface area contributed by atoms with Crippen LogP contribution < -0.4 is 5.32 Å². The molecule has 0 aliphatic carbocycles. The van der Waals surface area contributed by atoms with Crippen molar-refractivity contribution < 1.29 is 13.6 Å². The molecule has 0 fully saturated rings. The molecule has 19 heavy (non-hydrogen) atoms. The zero-order valence-corrected chi connectivity index (χ0v) is 11.1. The van der Waals surface area contributed by atoms with Crippen molar-refractivity contribution in [1.82, 2.24) is 0 Å². The first-order valence-corrected chi connectivity index (χ1v) is 6.04. The lowest BCUT2D eigenvalue weighted by Gasteiger charge is -2.07. The van der Waals surface area contributed by atoms with Gasteiger partial charge in [-0.1, -0.05) is 11.6 Å². The molecule has 0 spiro atoms. The molecule has 0 unspecified atom stereocenters. The Morgan fingerprint density at radius 1 is 1.16 bits per heavy atom. The molecule has 0 saturated carbocycles. The highest BCUT2D eigenvalue weighted by atomic mass is 35.5. The number of carbonyl (C=O) groups excluding carboxylic acids is 1. The van der Waals surface area contributed by atoms with Crippen LogP contribution in [0, 0.1) is 11.6 Å². The van der Waals surface area contributed by atoms with Gasteiger partial charge in [-0.05, 0) is 36.4 Å². The van der Waals surface area contributed by atoms with Gasteiger partial charge >= 0.3 is 0 Å². The summed E-state index contributed by atoms with van der Waals surface area (Å²) in [6.07, 6.45) is 0. The topological polar surface area (TPSA) is 29.1 Å². The second-order valence-electron chi connectivity index (χ2n) is 3.78. The lowest BCUT2D eigenvalue weighted by Crippen LogP contribution is -2.14. The largest absolute Gasteiger partial charge is 0.322 e. The van der Waals surface area contributed by atoms with Crippen LogP contribution in [0.25, 0.3) is 0 Å². The molecule has 0 bridgehead atoms. The van der Waals surface area contributed by atoms with Gasteiger partial charge in [-0.15, -0.1) is 12.6 Å². The maximum atomic E-state index is 13.5. The summed E-state index contributed by atoms with van der Waals surface area (Å²) in [5.74, 6) is -1.97. The zero-order valence-electron chi connectivity index (χ0n) is 9.45. The van der Waals surface area contributed by atoms with Crippen molar-refractivity contribution in [2.24, 2.45) is 0 Å². The van der Waals surface area contributed by atoms with E-state index in [0.29, 0.717) is 4.90 Å². The number of thiol groups is 1. The highest BCUT2D eigenvalue weighted by molar-refractivity contribution is 7.80. The van der Waals surface area contributed by atoms with Crippen LogP contribution in [0.4, 0.5) is 14.5 Å². The Bertz CT molecular complexity index is 628. The van der Waals surface area contributed by atoms with E-state index in [2.05, 4.69) is 17.9 Å². The Balaban J connectivity index is 2.28. The van der Waals surface area contributed by atoms with E-state index in [1.54, 1.807) is 0 Å². The van der Waals surface area contributed by atoms with Gasteiger partial charge in [-0.3, -0.25) is 4.79 Å². The van der Waals surface area contributed by atoms with Crippen molar-refractivity contribution in [2.75, 3.05) is 5.32 Å². The fraction of sp³-hybridized carbons (Fsp3) is 0. The molecule has 98 valence electrons. The van der Waals surface area contributed by atoms with Gasteiger partial charge in [-0.25, -0.2) is 8.78 Å². The molecule has 2 rings (SSSR count). The van der Waals surface area contributed by atoms with Gasteiger partial charge in [0.1, 0.15) is 11.6 Å². The van der Waals surface area contributed by atoms with Crippen LogP contribution in [-0.4, -0.2) is 5.91 Å². The smallest absolute Gasteiger partial charge is 0.258 e. The summed E-state index contributed by atoms with van der Waals surface area (Å²) in [6, 6.07) is 7.40. The molecule has 0 radical (unpaired) electrons. The fourth-order valence-electron chi connectivity index (χ4n) is 1.51. The fourth-order valence-corrected chi connectivity index (χ4v) is 1.94. The number of benzene rings is 2. The van der Waals surface area contributed by atoms with Gasteiger partial charge in [0.2, 0.25) is 0 Å². The average Bonchev–Trinajstić information content (AvgIpc) is 2.30. The molecule has 1 N–H and O–H groups in total. The van der Waals surface area contributed by atoms with E-state index in [1.165, 1.54) is 18.2 Å². The van der Waals surface area contributed by atoms with Gasteiger partial charge in [0, 0.05) is 15.6 Å². The van der Waals surface area contributed by atoms with Crippen LogP contribution >= 0.6 is 24.2 Å².